The van der Waals surface area contributed by atoms with Crippen molar-refractivity contribution in [1.82, 2.24) is 24.8 Å². The number of hydrogen-bond acceptors (Lipinski definition) is 6. The zero-order valence-electron chi connectivity index (χ0n) is 15.5. The Hall–Kier alpha value is -2.57. The summed E-state index contributed by atoms with van der Waals surface area (Å²) in [5.41, 5.74) is 2.33. The van der Waals surface area contributed by atoms with E-state index in [-0.39, 0.29) is 5.91 Å². The molecule has 0 spiro atoms. The van der Waals surface area contributed by atoms with Gasteiger partial charge in [-0.2, -0.15) is 0 Å². The molecule has 26 heavy (non-hydrogen) atoms. The van der Waals surface area contributed by atoms with Crippen LogP contribution in [0.1, 0.15) is 41.6 Å². The van der Waals surface area contributed by atoms with Crippen molar-refractivity contribution in [2.75, 3.05) is 31.1 Å². The van der Waals surface area contributed by atoms with E-state index in [1.165, 1.54) is 0 Å². The molecule has 136 valence electrons. The number of amides is 1. The number of rotatable bonds is 3. The molecule has 1 amide bonds. The summed E-state index contributed by atoms with van der Waals surface area (Å²) >= 11 is 0. The smallest absolute Gasteiger partial charge is 0.274 e. The van der Waals surface area contributed by atoms with Gasteiger partial charge in [0, 0.05) is 56.0 Å². The Labute approximate surface area is 153 Å². The van der Waals surface area contributed by atoms with Crippen LogP contribution in [0.3, 0.4) is 0 Å². The number of aromatic nitrogens is 4. The minimum Gasteiger partial charge on any atom is -0.356 e. The topological polar surface area (TPSA) is 75.1 Å². The Morgan fingerprint density at radius 1 is 1.04 bits per heavy atom. The molecule has 0 aliphatic carbocycles. The van der Waals surface area contributed by atoms with Crippen LogP contribution in [0.25, 0.3) is 0 Å². The Balaban J connectivity index is 1.42. The minimum atomic E-state index is -0.0115. The van der Waals surface area contributed by atoms with Crippen LogP contribution in [0.15, 0.2) is 24.8 Å². The van der Waals surface area contributed by atoms with E-state index in [0.717, 1.165) is 43.4 Å². The summed E-state index contributed by atoms with van der Waals surface area (Å²) in [6, 6.07) is 2.09. The van der Waals surface area contributed by atoms with E-state index in [0.29, 0.717) is 23.4 Å². The van der Waals surface area contributed by atoms with E-state index in [9.17, 15) is 4.79 Å². The first-order valence-corrected chi connectivity index (χ1v) is 9.16. The third kappa shape index (κ3) is 3.13. The Kier molecular flexibility index (Phi) is 4.30. The average Bonchev–Trinajstić information content (AvgIpc) is 3.21. The molecular formula is C19H24N6O. The van der Waals surface area contributed by atoms with Gasteiger partial charge in [0.25, 0.3) is 5.91 Å². The zero-order chi connectivity index (χ0) is 18.3. The van der Waals surface area contributed by atoms with E-state index in [1.807, 2.05) is 11.8 Å². The van der Waals surface area contributed by atoms with Crippen LogP contribution < -0.4 is 4.90 Å². The summed E-state index contributed by atoms with van der Waals surface area (Å²) in [6.07, 6.45) is 4.88. The average molecular weight is 352 g/mol. The quantitative estimate of drug-likeness (QED) is 0.840. The maximum Gasteiger partial charge on any atom is 0.274 e. The van der Waals surface area contributed by atoms with Gasteiger partial charge in [0.15, 0.2) is 0 Å². The number of nitrogens with zero attached hydrogens (tertiary/aromatic N) is 6. The van der Waals surface area contributed by atoms with Crippen LogP contribution in [0.2, 0.25) is 0 Å². The van der Waals surface area contributed by atoms with Crippen LogP contribution in [-0.2, 0) is 0 Å². The molecule has 2 atom stereocenters. The SMILES string of the molecule is Cc1cnc(C(=O)N2CC3CN(c4cc(C(C)C)ncn4)CC3C2)cn1. The summed E-state index contributed by atoms with van der Waals surface area (Å²) in [4.78, 5) is 34.1. The third-order valence-corrected chi connectivity index (χ3v) is 5.36. The second kappa shape index (κ2) is 6.63. The number of carbonyl (C=O) groups is 1. The predicted molar refractivity (Wildman–Crippen MR) is 98.0 cm³/mol. The Morgan fingerprint density at radius 3 is 2.38 bits per heavy atom. The summed E-state index contributed by atoms with van der Waals surface area (Å²) in [7, 11) is 0. The molecular weight excluding hydrogens is 328 g/mol. The highest BCUT2D eigenvalue weighted by molar-refractivity contribution is 5.92. The lowest BCUT2D eigenvalue weighted by Crippen LogP contribution is -2.34. The molecule has 0 radical (unpaired) electrons. The summed E-state index contributed by atoms with van der Waals surface area (Å²) < 4.78 is 0. The highest BCUT2D eigenvalue weighted by Gasteiger charge is 2.42. The van der Waals surface area contributed by atoms with Gasteiger partial charge in [-0.05, 0) is 12.8 Å². The lowest BCUT2D eigenvalue weighted by atomic mass is 10.0. The fourth-order valence-electron chi connectivity index (χ4n) is 3.86. The number of aryl methyl sites for hydroxylation is 1. The van der Waals surface area contributed by atoms with Crippen molar-refractivity contribution in [1.29, 1.82) is 0 Å². The van der Waals surface area contributed by atoms with Crippen molar-refractivity contribution in [2.24, 2.45) is 11.8 Å². The van der Waals surface area contributed by atoms with E-state index in [1.54, 1.807) is 18.7 Å². The van der Waals surface area contributed by atoms with Crippen molar-refractivity contribution in [2.45, 2.75) is 26.7 Å². The van der Waals surface area contributed by atoms with Crippen LogP contribution in [0, 0.1) is 18.8 Å². The van der Waals surface area contributed by atoms with Crippen molar-refractivity contribution >= 4 is 11.7 Å². The number of likely N-dealkylation sites (tertiary alicyclic amines) is 1. The van der Waals surface area contributed by atoms with Crippen LogP contribution in [-0.4, -0.2) is 56.9 Å². The van der Waals surface area contributed by atoms with Crippen molar-refractivity contribution in [3.63, 3.8) is 0 Å². The van der Waals surface area contributed by atoms with Crippen LogP contribution in [0.4, 0.5) is 5.82 Å². The fraction of sp³-hybridized carbons (Fsp3) is 0.526. The molecule has 2 aliphatic rings. The molecule has 4 heterocycles. The summed E-state index contributed by atoms with van der Waals surface area (Å²) in [6.45, 7) is 9.57. The maximum absolute atomic E-state index is 12.6. The van der Waals surface area contributed by atoms with Crippen LogP contribution >= 0.6 is 0 Å². The van der Waals surface area contributed by atoms with Gasteiger partial charge in [-0.25, -0.2) is 15.0 Å². The highest BCUT2D eigenvalue weighted by Crippen LogP contribution is 2.34. The lowest BCUT2D eigenvalue weighted by molar-refractivity contribution is 0.0776. The van der Waals surface area contributed by atoms with E-state index in [2.05, 4.69) is 44.7 Å². The molecule has 2 fully saturated rings. The van der Waals surface area contributed by atoms with Gasteiger partial charge < -0.3 is 9.80 Å². The number of carbonyl (C=O) groups excluding carboxylic acids is 1. The lowest BCUT2D eigenvalue weighted by Gasteiger charge is -2.22. The molecule has 7 nitrogen and oxygen atoms in total. The van der Waals surface area contributed by atoms with Crippen molar-refractivity contribution in [3.8, 4) is 0 Å². The van der Waals surface area contributed by atoms with Gasteiger partial charge in [-0.15, -0.1) is 0 Å². The van der Waals surface area contributed by atoms with E-state index in [4.69, 9.17) is 0 Å². The summed E-state index contributed by atoms with van der Waals surface area (Å²) in [5.74, 6) is 2.34. The third-order valence-electron chi connectivity index (χ3n) is 5.36. The monoisotopic (exact) mass is 352 g/mol. The molecule has 0 saturated carbocycles. The zero-order valence-corrected chi connectivity index (χ0v) is 15.5. The Morgan fingerprint density at radius 2 is 1.77 bits per heavy atom. The summed E-state index contributed by atoms with van der Waals surface area (Å²) in [5, 5.41) is 0. The molecule has 7 heteroatoms. The predicted octanol–water partition coefficient (Wildman–Crippen LogP) is 1.91. The number of fused-ring (bicyclic) bond motifs is 1. The van der Waals surface area contributed by atoms with Crippen molar-refractivity contribution < 1.29 is 4.79 Å². The normalized spacial score (nSPS) is 22.2. The first kappa shape index (κ1) is 16.9. The number of hydrogen-bond donors (Lipinski definition) is 0. The number of anilines is 1. The molecule has 0 N–H and O–H groups in total. The fourth-order valence-corrected chi connectivity index (χ4v) is 3.86. The maximum atomic E-state index is 12.6. The first-order valence-electron chi connectivity index (χ1n) is 9.16. The second-order valence-corrected chi connectivity index (χ2v) is 7.63. The Bertz CT molecular complexity index is 792. The first-order chi connectivity index (χ1) is 12.5. The molecule has 2 aromatic rings. The largest absolute Gasteiger partial charge is 0.356 e. The highest BCUT2D eigenvalue weighted by atomic mass is 16.2. The molecule has 2 aromatic heterocycles. The standard InChI is InChI=1S/C19H24N6O/c1-12(2)16-4-18(23-11-22-16)24-7-14-9-25(10-15(14)8-24)19(26)17-6-20-13(3)5-21-17/h4-6,11-12,14-15H,7-10H2,1-3H3. The molecule has 0 aromatic carbocycles. The van der Waals surface area contributed by atoms with Gasteiger partial charge >= 0.3 is 0 Å². The van der Waals surface area contributed by atoms with Gasteiger partial charge in [0.05, 0.1) is 11.9 Å². The van der Waals surface area contributed by atoms with Gasteiger partial charge in [0.2, 0.25) is 0 Å². The van der Waals surface area contributed by atoms with Gasteiger partial charge in [0.1, 0.15) is 17.8 Å². The second-order valence-electron chi connectivity index (χ2n) is 7.63. The molecule has 2 saturated heterocycles. The minimum absolute atomic E-state index is 0.0115. The molecule has 4 rings (SSSR count). The van der Waals surface area contributed by atoms with E-state index < -0.39 is 0 Å². The molecule has 2 aliphatic heterocycles. The van der Waals surface area contributed by atoms with E-state index >= 15 is 0 Å². The van der Waals surface area contributed by atoms with Crippen molar-refractivity contribution in [3.05, 3.63) is 41.9 Å². The van der Waals surface area contributed by atoms with Crippen LogP contribution in [0.5, 0.6) is 0 Å². The molecule has 2 unspecified atom stereocenters. The molecule has 0 bridgehead atoms. The van der Waals surface area contributed by atoms with Gasteiger partial charge in [-0.3, -0.25) is 9.78 Å². The van der Waals surface area contributed by atoms with Gasteiger partial charge in [-0.1, -0.05) is 13.8 Å².